The quantitative estimate of drug-likeness (QED) is 0.725. The van der Waals surface area contributed by atoms with Crippen LogP contribution in [0.2, 0.25) is 0 Å². The van der Waals surface area contributed by atoms with Crippen molar-refractivity contribution in [1.82, 2.24) is 4.90 Å². The molecular weight excluding hydrogens is 330 g/mol. The minimum Gasteiger partial charge on any atom is -0.450 e. The summed E-state index contributed by atoms with van der Waals surface area (Å²) in [5.41, 5.74) is 2.70. The van der Waals surface area contributed by atoms with Gasteiger partial charge in [0, 0.05) is 13.7 Å². The lowest BCUT2D eigenvalue weighted by atomic mass is 9.98. The molecule has 0 spiro atoms. The number of benzene rings is 2. The van der Waals surface area contributed by atoms with E-state index in [2.05, 4.69) is 0 Å². The number of amides is 1. The summed E-state index contributed by atoms with van der Waals surface area (Å²) in [7, 11) is 1.59. The molecule has 0 radical (unpaired) electrons. The van der Waals surface area contributed by atoms with Gasteiger partial charge in [0.05, 0.1) is 23.6 Å². The highest BCUT2D eigenvalue weighted by Crippen LogP contribution is 2.37. The lowest BCUT2D eigenvalue weighted by molar-refractivity contribution is 0.0663. The maximum atomic E-state index is 13.2. The van der Waals surface area contributed by atoms with E-state index in [1.165, 1.54) is 0 Å². The zero-order valence-electron chi connectivity index (χ0n) is 14.7. The van der Waals surface area contributed by atoms with Crippen molar-refractivity contribution in [2.24, 2.45) is 0 Å². The van der Waals surface area contributed by atoms with Crippen molar-refractivity contribution < 1.29 is 13.9 Å². The van der Waals surface area contributed by atoms with Gasteiger partial charge in [-0.2, -0.15) is 0 Å². The number of carbonyl (C=O) groups is 1. The van der Waals surface area contributed by atoms with E-state index < -0.39 is 6.04 Å². The highest BCUT2D eigenvalue weighted by atomic mass is 16.5. The average Bonchev–Trinajstić information content (AvgIpc) is 2.93. The van der Waals surface area contributed by atoms with E-state index in [9.17, 15) is 9.59 Å². The van der Waals surface area contributed by atoms with Crippen molar-refractivity contribution >= 4 is 16.9 Å². The Morgan fingerprint density at radius 3 is 2.54 bits per heavy atom. The molecule has 0 N–H and O–H groups in total. The summed E-state index contributed by atoms with van der Waals surface area (Å²) in [6.07, 6.45) is 0. The minimum absolute atomic E-state index is 0.135. The monoisotopic (exact) mass is 349 g/mol. The van der Waals surface area contributed by atoms with E-state index in [1.807, 2.05) is 31.2 Å². The van der Waals surface area contributed by atoms with E-state index in [0.29, 0.717) is 29.7 Å². The maximum Gasteiger partial charge on any atom is 0.290 e. The summed E-state index contributed by atoms with van der Waals surface area (Å²) < 4.78 is 11.0. The molecule has 5 nitrogen and oxygen atoms in total. The molecule has 1 aliphatic heterocycles. The Bertz CT molecular complexity index is 1040. The lowest BCUT2D eigenvalue weighted by Gasteiger charge is -2.24. The van der Waals surface area contributed by atoms with Gasteiger partial charge >= 0.3 is 0 Å². The Labute approximate surface area is 150 Å². The number of rotatable bonds is 4. The predicted octanol–water partition coefficient (Wildman–Crippen LogP) is 3.29. The minimum atomic E-state index is -0.464. The highest BCUT2D eigenvalue weighted by Gasteiger charge is 2.42. The van der Waals surface area contributed by atoms with Crippen molar-refractivity contribution in [2.75, 3.05) is 20.3 Å². The van der Waals surface area contributed by atoms with Gasteiger partial charge in [0.1, 0.15) is 5.58 Å². The molecule has 1 atom stereocenters. The Morgan fingerprint density at radius 2 is 1.81 bits per heavy atom. The third-order valence-corrected chi connectivity index (χ3v) is 4.80. The smallest absolute Gasteiger partial charge is 0.290 e. The second-order valence-electron chi connectivity index (χ2n) is 6.47. The molecule has 0 unspecified atom stereocenters. The Morgan fingerprint density at radius 1 is 1.08 bits per heavy atom. The van der Waals surface area contributed by atoms with Gasteiger partial charge in [-0.25, -0.2) is 0 Å². The van der Waals surface area contributed by atoms with Crippen molar-refractivity contribution in [2.45, 2.75) is 13.0 Å². The van der Waals surface area contributed by atoms with E-state index in [0.717, 1.165) is 11.1 Å². The first-order valence-corrected chi connectivity index (χ1v) is 8.54. The van der Waals surface area contributed by atoms with E-state index in [1.54, 1.807) is 36.3 Å². The molecule has 3 aromatic rings. The maximum absolute atomic E-state index is 13.2. The normalized spacial score (nSPS) is 16.3. The van der Waals surface area contributed by atoms with Crippen LogP contribution in [0.5, 0.6) is 0 Å². The van der Waals surface area contributed by atoms with Crippen molar-refractivity contribution in [3.8, 4) is 0 Å². The fourth-order valence-electron chi connectivity index (χ4n) is 3.48. The van der Waals surface area contributed by atoms with E-state index >= 15 is 0 Å². The van der Waals surface area contributed by atoms with Gasteiger partial charge in [-0.1, -0.05) is 42.0 Å². The van der Waals surface area contributed by atoms with Crippen LogP contribution >= 0.6 is 0 Å². The number of hydrogen-bond acceptors (Lipinski definition) is 4. The summed E-state index contributed by atoms with van der Waals surface area (Å²) in [5.74, 6) is -0.138. The molecule has 2 aromatic carbocycles. The van der Waals surface area contributed by atoms with Gasteiger partial charge in [0.15, 0.2) is 5.43 Å². The number of fused-ring (bicyclic) bond motifs is 2. The number of ether oxygens (including phenoxy) is 1. The average molecular weight is 349 g/mol. The first kappa shape index (κ1) is 16.5. The van der Waals surface area contributed by atoms with Gasteiger partial charge in [-0.3, -0.25) is 9.59 Å². The molecule has 4 rings (SSSR count). The van der Waals surface area contributed by atoms with Gasteiger partial charge in [0.2, 0.25) is 5.76 Å². The first-order valence-electron chi connectivity index (χ1n) is 8.54. The molecule has 0 saturated heterocycles. The van der Waals surface area contributed by atoms with Crippen LogP contribution in [0.1, 0.15) is 33.3 Å². The fraction of sp³-hybridized carbons (Fsp3) is 0.238. The molecule has 0 fully saturated rings. The van der Waals surface area contributed by atoms with Crippen molar-refractivity contribution in [1.29, 1.82) is 0 Å². The Hall–Kier alpha value is -2.92. The molecule has 1 amide bonds. The number of nitrogens with zero attached hydrogens (tertiary/aromatic N) is 1. The summed E-state index contributed by atoms with van der Waals surface area (Å²) in [4.78, 5) is 27.8. The predicted molar refractivity (Wildman–Crippen MR) is 98.4 cm³/mol. The zero-order valence-corrected chi connectivity index (χ0v) is 14.7. The van der Waals surface area contributed by atoms with E-state index in [-0.39, 0.29) is 17.1 Å². The van der Waals surface area contributed by atoms with Crippen LogP contribution < -0.4 is 5.43 Å². The molecule has 132 valence electrons. The van der Waals surface area contributed by atoms with Crippen LogP contribution in [0.25, 0.3) is 11.0 Å². The summed E-state index contributed by atoms with van der Waals surface area (Å²) in [5, 5.41) is 0.491. The Kier molecular flexibility index (Phi) is 4.09. The summed E-state index contributed by atoms with van der Waals surface area (Å²) in [6.45, 7) is 2.77. The summed E-state index contributed by atoms with van der Waals surface area (Å²) in [6, 6.07) is 14.4. The number of hydrogen-bond donors (Lipinski definition) is 0. The molecule has 5 heteroatoms. The van der Waals surface area contributed by atoms with Crippen LogP contribution in [0.3, 0.4) is 0 Å². The van der Waals surface area contributed by atoms with Crippen molar-refractivity contribution in [3.05, 3.63) is 81.2 Å². The second kappa shape index (κ2) is 6.42. The van der Waals surface area contributed by atoms with Gasteiger partial charge in [0.25, 0.3) is 5.91 Å². The van der Waals surface area contributed by atoms with Crippen LogP contribution in [0.15, 0.2) is 57.7 Å². The lowest BCUT2D eigenvalue weighted by Crippen LogP contribution is -2.32. The van der Waals surface area contributed by atoms with Crippen LogP contribution in [0.4, 0.5) is 0 Å². The van der Waals surface area contributed by atoms with Crippen molar-refractivity contribution in [3.63, 3.8) is 0 Å². The number of carbonyl (C=O) groups excluding carboxylic acids is 1. The third kappa shape index (κ3) is 2.52. The number of aryl methyl sites for hydroxylation is 1. The topological polar surface area (TPSA) is 59.8 Å². The Balaban J connectivity index is 1.96. The summed E-state index contributed by atoms with van der Waals surface area (Å²) >= 11 is 0. The van der Waals surface area contributed by atoms with Crippen LogP contribution in [0, 0.1) is 6.92 Å². The number of methoxy groups -OCH3 is 1. The molecular formula is C21H19NO4. The highest BCUT2D eigenvalue weighted by molar-refractivity contribution is 5.99. The SMILES string of the molecule is COCCN1C(=O)c2oc3ccccc3c(=O)c2[C@H]1c1ccc(C)cc1. The molecule has 0 saturated carbocycles. The van der Waals surface area contributed by atoms with Gasteiger partial charge in [-0.15, -0.1) is 0 Å². The van der Waals surface area contributed by atoms with Crippen LogP contribution in [-0.4, -0.2) is 31.1 Å². The largest absolute Gasteiger partial charge is 0.450 e. The second-order valence-corrected chi connectivity index (χ2v) is 6.47. The fourth-order valence-corrected chi connectivity index (χ4v) is 3.48. The third-order valence-electron chi connectivity index (χ3n) is 4.80. The molecule has 2 heterocycles. The standard InChI is InChI=1S/C21H19NO4/c1-13-7-9-14(10-8-13)18-17-19(23)15-5-3-4-6-16(15)26-20(17)21(24)22(18)11-12-25-2/h3-10,18H,11-12H2,1-2H3/t18-/m1/s1. The molecule has 0 aliphatic carbocycles. The zero-order chi connectivity index (χ0) is 18.3. The molecule has 26 heavy (non-hydrogen) atoms. The van der Waals surface area contributed by atoms with E-state index in [4.69, 9.17) is 9.15 Å². The first-order chi connectivity index (χ1) is 12.6. The molecule has 1 aliphatic rings. The molecule has 1 aromatic heterocycles. The van der Waals surface area contributed by atoms with Crippen LogP contribution in [-0.2, 0) is 4.74 Å². The van der Waals surface area contributed by atoms with Gasteiger partial charge < -0.3 is 14.1 Å². The van der Waals surface area contributed by atoms with Gasteiger partial charge in [-0.05, 0) is 24.6 Å². The number of para-hydroxylation sites is 1. The molecule has 0 bridgehead atoms.